The largest absolute Gasteiger partial charge is 0.396 e. The molecule has 0 aliphatic heterocycles. The monoisotopic (exact) mass is 316 g/mol. The average Bonchev–Trinajstić information content (AvgIpc) is 2.54. The molecule has 0 amide bonds. The zero-order valence-electron chi connectivity index (χ0n) is 14.9. The number of ether oxygens (including phenoxy) is 1. The molecule has 0 aromatic heterocycles. The van der Waals surface area contributed by atoms with Crippen molar-refractivity contribution in [3.8, 4) is 0 Å². The third kappa shape index (κ3) is 16.3. The molecule has 0 saturated heterocycles. The number of aliphatic hydroxyl groups excluding tert-OH is 2. The third-order valence-electron chi connectivity index (χ3n) is 4.24. The molecule has 0 aliphatic rings. The van der Waals surface area contributed by atoms with E-state index in [0.29, 0.717) is 13.0 Å². The van der Waals surface area contributed by atoms with Gasteiger partial charge in [0, 0.05) is 13.2 Å². The van der Waals surface area contributed by atoms with Crippen molar-refractivity contribution in [2.75, 3.05) is 19.8 Å². The van der Waals surface area contributed by atoms with Gasteiger partial charge in [0.1, 0.15) is 0 Å². The molecule has 0 aliphatic carbocycles. The topological polar surface area (TPSA) is 49.7 Å². The lowest BCUT2D eigenvalue weighted by Gasteiger charge is -2.14. The fraction of sp³-hybridized carbons (Fsp3) is 1.00. The Hall–Kier alpha value is -0.120. The van der Waals surface area contributed by atoms with Gasteiger partial charge in [0.2, 0.25) is 0 Å². The molecule has 0 bridgehead atoms. The first-order valence-electron chi connectivity index (χ1n) is 9.68. The smallest absolute Gasteiger partial charge is 0.0805 e. The van der Waals surface area contributed by atoms with Crippen molar-refractivity contribution >= 4 is 0 Å². The molecule has 0 rings (SSSR count). The van der Waals surface area contributed by atoms with E-state index in [1.807, 2.05) is 0 Å². The van der Waals surface area contributed by atoms with Crippen LogP contribution >= 0.6 is 0 Å². The molecule has 3 nitrogen and oxygen atoms in total. The van der Waals surface area contributed by atoms with Gasteiger partial charge in [-0.15, -0.1) is 0 Å². The van der Waals surface area contributed by atoms with Crippen LogP contribution in [0.4, 0.5) is 0 Å². The van der Waals surface area contributed by atoms with Crippen LogP contribution < -0.4 is 0 Å². The Bertz CT molecular complexity index is 197. The number of aliphatic hydroxyl groups is 2. The Morgan fingerprint density at radius 1 is 0.682 bits per heavy atom. The Labute approximate surface area is 138 Å². The molecule has 0 aromatic rings. The van der Waals surface area contributed by atoms with E-state index >= 15 is 0 Å². The van der Waals surface area contributed by atoms with Gasteiger partial charge in [-0.05, 0) is 12.8 Å². The van der Waals surface area contributed by atoms with Crippen molar-refractivity contribution in [3.63, 3.8) is 0 Å². The van der Waals surface area contributed by atoms with Crippen molar-refractivity contribution < 1.29 is 14.9 Å². The van der Waals surface area contributed by atoms with E-state index < -0.39 is 0 Å². The summed E-state index contributed by atoms with van der Waals surface area (Å²) in [6, 6.07) is 0. The lowest BCUT2D eigenvalue weighted by atomic mass is 10.0. The van der Waals surface area contributed by atoms with Crippen LogP contribution in [-0.2, 0) is 4.74 Å². The molecular formula is C19H40O3. The zero-order valence-corrected chi connectivity index (χ0v) is 14.9. The van der Waals surface area contributed by atoms with Crippen molar-refractivity contribution in [2.45, 2.75) is 103 Å². The first-order chi connectivity index (χ1) is 10.8. The van der Waals surface area contributed by atoms with E-state index in [-0.39, 0.29) is 19.3 Å². The van der Waals surface area contributed by atoms with Gasteiger partial charge < -0.3 is 14.9 Å². The zero-order chi connectivity index (χ0) is 16.3. The summed E-state index contributed by atoms with van der Waals surface area (Å²) in [4.78, 5) is 0. The summed E-state index contributed by atoms with van der Waals surface area (Å²) in [5.41, 5.74) is 0. The molecule has 0 heterocycles. The summed E-state index contributed by atoms with van der Waals surface area (Å²) in [5, 5.41) is 17.9. The molecule has 134 valence electrons. The second-order valence-corrected chi connectivity index (χ2v) is 6.43. The Morgan fingerprint density at radius 2 is 1.18 bits per heavy atom. The van der Waals surface area contributed by atoms with Gasteiger partial charge in [-0.2, -0.15) is 0 Å². The predicted octanol–water partition coefficient (Wildman–Crippen LogP) is 4.84. The van der Waals surface area contributed by atoms with E-state index in [2.05, 4.69) is 6.92 Å². The number of hydrogen-bond donors (Lipinski definition) is 2. The standard InChI is InChI=1S/C19H40O3/c1-2-3-4-5-6-7-8-9-10-11-12-13-15-19(18-21)22-17-14-16-20/h19-21H,2-18H2,1H3. The van der Waals surface area contributed by atoms with Gasteiger partial charge in [-0.3, -0.25) is 0 Å². The van der Waals surface area contributed by atoms with Gasteiger partial charge >= 0.3 is 0 Å². The summed E-state index contributed by atoms with van der Waals surface area (Å²) in [6.45, 7) is 3.09. The molecular weight excluding hydrogens is 276 g/mol. The highest BCUT2D eigenvalue weighted by molar-refractivity contribution is 4.57. The van der Waals surface area contributed by atoms with Crippen molar-refractivity contribution in [1.29, 1.82) is 0 Å². The predicted molar refractivity (Wildman–Crippen MR) is 94.2 cm³/mol. The van der Waals surface area contributed by atoms with Crippen molar-refractivity contribution in [2.24, 2.45) is 0 Å². The summed E-state index contributed by atoms with van der Waals surface area (Å²) < 4.78 is 5.52. The first kappa shape index (κ1) is 21.9. The molecule has 3 heteroatoms. The molecule has 0 saturated carbocycles. The summed E-state index contributed by atoms with van der Waals surface area (Å²) >= 11 is 0. The van der Waals surface area contributed by atoms with Crippen molar-refractivity contribution in [3.05, 3.63) is 0 Å². The van der Waals surface area contributed by atoms with Crippen LogP contribution in [0.15, 0.2) is 0 Å². The molecule has 0 fully saturated rings. The van der Waals surface area contributed by atoms with E-state index in [4.69, 9.17) is 9.84 Å². The van der Waals surface area contributed by atoms with Gasteiger partial charge in [0.05, 0.1) is 12.7 Å². The molecule has 22 heavy (non-hydrogen) atoms. The fourth-order valence-corrected chi connectivity index (χ4v) is 2.75. The van der Waals surface area contributed by atoms with Gasteiger partial charge in [0.15, 0.2) is 0 Å². The third-order valence-corrected chi connectivity index (χ3v) is 4.24. The molecule has 0 radical (unpaired) electrons. The second kappa shape index (κ2) is 18.9. The van der Waals surface area contributed by atoms with Crippen LogP contribution in [0.3, 0.4) is 0 Å². The normalized spacial score (nSPS) is 12.7. The van der Waals surface area contributed by atoms with E-state index in [0.717, 1.165) is 12.8 Å². The lowest BCUT2D eigenvalue weighted by Crippen LogP contribution is -2.18. The highest BCUT2D eigenvalue weighted by Gasteiger charge is 2.06. The van der Waals surface area contributed by atoms with Gasteiger partial charge in [-0.1, -0.05) is 84.0 Å². The first-order valence-corrected chi connectivity index (χ1v) is 9.68. The van der Waals surface area contributed by atoms with Crippen molar-refractivity contribution in [1.82, 2.24) is 0 Å². The summed E-state index contributed by atoms with van der Waals surface area (Å²) in [5.74, 6) is 0. The Morgan fingerprint density at radius 3 is 1.64 bits per heavy atom. The van der Waals surface area contributed by atoms with E-state index in [1.54, 1.807) is 0 Å². The van der Waals surface area contributed by atoms with E-state index in [1.165, 1.54) is 70.6 Å². The maximum atomic E-state index is 9.22. The minimum absolute atomic E-state index is 0.0327. The number of unbranched alkanes of at least 4 members (excludes halogenated alkanes) is 11. The summed E-state index contributed by atoms with van der Waals surface area (Å²) in [7, 11) is 0. The lowest BCUT2D eigenvalue weighted by molar-refractivity contribution is 0.00133. The summed E-state index contributed by atoms with van der Waals surface area (Å²) in [6.07, 6.45) is 17.8. The maximum Gasteiger partial charge on any atom is 0.0805 e. The van der Waals surface area contributed by atoms with Crippen LogP contribution in [0.2, 0.25) is 0 Å². The van der Waals surface area contributed by atoms with Crippen LogP contribution in [0.25, 0.3) is 0 Å². The quantitative estimate of drug-likeness (QED) is 0.356. The van der Waals surface area contributed by atoms with Gasteiger partial charge in [-0.25, -0.2) is 0 Å². The van der Waals surface area contributed by atoms with Crippen LogP contribution in [0, 0.1) is 0 Å². The Kier molecular flexibility index (Phi) is 18.8. The molecule has 0 spiro atoms. The highest BCUT2D eigenvalue weighted by Crippen LogP contribution is 2.13. The number of hydrogen-bond acceptors (Lipinski definition) is 3. The highest BCUT2D eigenvalue weighted by atomic mass is 16.5. The maximum absolute atomic E-state index is 9.22. The molecule has 0 aromatic carbocycles. The van der Waals surface area contributed by atoms with Crippen LogP contribution in [0.1, 0.15) is 96.8 Å². The Balaban J connectivity index is 3.18. The average molecular weight is 317 g/mol. The van der Waals surface area contributed by atoms with E-state index in [9.17, 15) is 5.11 Å². The minimum atomic E-state index is -0.0327. The molecule has 1 atom stereocenters. The number of rotatable bonds is 18. The molecule has 1 unspecified atom stereocenters. The van der Waals surface area contributed by atoms with Crippen LogP contribution in [-0.4, -0.2) is 36.1 Å². The SMILES string of the molecule is CCCCCCCCCCCCCCC(CO)OCCCO. The molecule has 2 N–H and O–H groups in total. The van der Waals surface area contributed by atoms with Gasteiger partial charge in [0.25, 0.3) is 0 Å². The minimum Gasteiger partial charge on any atom is -0.396 e. The second-order valence-electron chi connectivity index (χ2n) is 6.43. The fourth-order valence-electron chi connectivity index (χ4n) is 2.75. The van der Waals surface area contributed by atoms with Crippen LogP contribution in [0.5, 0.6) is 0 Å².